The number of allylic oxidation sites excluding steroid dienone is 8. The van der Waals surface area contributed by atoms with Crippen molar-refractivity contribution in [2.75, 3.05) is 0 Å². The zero-order valence-electron chi connectivity index (χ0n) is 7.19. The standard InChI is InChI=1S/2C5H5.2Mg/c2*1-2-4-5-3-1;;/h2*1-5H;;. The SMILES string of the molecule is C1=C[CH]([Mg][CH]2C=CC=C2)C=C1.[Mg]. The Balaban J connectivity index is 0.000000720. The summed E-state index contributed by atoms with van der Waals surface area (Å²) in [5.41, 5.74) is 0. The van der Waals surface area contributed by atoms with Crippen LogP contribution in [0.3, 0.4) is 0 Å². The van der Waals surface area contributed by atoms with Gasteiger partial charge in [0.2, 0.25) is 0 Å². The van der Waals surface area contributed by atoms with Gasteiger partial charge < -0.3 is 0 Å². The molecule has 0 saturated carbocycles. The fourth-order valence-electron chi connectivity index (χ4n) is 1.58. The van der Waals surface area contributed by atoms with Crippen LogP contribution in [0.2, 0.25) is 8.09 Å². The monoisotopic (exact) mass is 178 g/mol. The summed E-state index contributed by atoms with van der Waals surface area (Å²) in [6, 6.07) is 0. The van der Waals surface area contributed by atoms with Gasteiger partial charge in [-0.1, -0.05) is 32.4 Å². The van der Waals surface area contributed by atoms with Crippen LogP contribution in [0.15, 0.2) is 48.6 Å². The molecule has 2 aliphatic carbocycles. The zero-order valence-corrected chi connectivity index (χ0v) is 10.0. The van der Waals surface area contributed by atoms with Gasteiger partial charge in [-0.15, -0.1) is 24.3 Å². The van der Waals surface area contributed by atoms with Gasteiger partial charge in [-0.2, -0.15) is 0 Å². The van der Waals surface area contributed by atoms with Gasteiger partial charge in [-0.05, 0) is 0 Å². The van der Waals surface area contributed by atoms with Gasteiger partial charge in [0.25, 0.3) is 0 Å². The molecule has 2 heteroatoms. The van der Waals surface area contributed by atoms with E-state index in [1.807, 2.05) is 0 Å². The number of hydrogen-bond donors (Lipinski definition) is 0. The van der Waals surface area contributed by atoms with E-state index in [1.54, 1.807) is 0 Å². The van der Waals surface area contributed by atoms with Crippen molar-refractivity contribution in [1.29, 1.82) is 0 Å². The molecule has 0 heterocycles. The molecule has 0 aromatic carbocycles. The van der Waals surface area contributed by atoms with Crippen LogP contribution in [0, 0.1) is 0 Å². The molecule has 0 saturated heterocycles. The summed E-state index contributed by atoms with van der Waals surface area (Å²) in [5, 5.41) is 0. The van der Waals surface area contributed by atoms with Gasteiger partial charge >= 0.3 is 20.4 Å². The van der Waals surface area contributed by atoms with Crippen molar-refractivity contribution in [3.05, 3.63) is 48.6 Å². The molecule has 54 valence electrons. The predicted octanol–water partition coefficient (Wildman–Crippen LogP) is 2.14. The normalized spacial score (nSPS) is 20.0. The summed E-state index contributed by atoms with van der Waals surface area (Å²) >= 11 is 0.0170. The maximum absolute atomic E-state index is 2.33. The van der Waals surface area contributed by atoms with E-state index in [9.17, 15) is 0 Å². The number of hydrogen-bond acceptors (Lipinski definition) is 0. The predicted molar refractivity (Wildman–Crippen MR) is 55.6 cm³/mol. The van der Waals surface area contributed by atoms with E-state index >= 15 is 0 Å². The Hall–Kier alpha value is 0.492. The quantitative estimate of drug-likeness (QED) is 0.569. The van der Waals surface area contributed by atoms with Crippen LogP contribution in [0.4, 0.5) is 0 Å². The van der Waals surface area contributed by atoms with Crippen LogP contribution >= 0.6 is 0 Å². The minimum absolute atomic E-state index is 0. The Morgan fingerprint density at radius 3 is 1.33 bits per heavy atom. The lowest BCUT2D eigenvalue weighted by atomic mass is 10.4. The van der Waals surface area contributed by atoms with E-state index in [-0.39, 0.29) is 43.4 Å². The van der Waals surface area contributed by atoms with Gasteiger partial charge in [0.15, 0.2) is 0 Å². The van der Waals surface area contributed by atoms with E-state index in [4.69, 9.17) is 0 Å². The highest BCUT2D eigenvalue weighted by Crippen LogP contribution is 2.23. The molecule has 2 rings (SSSR count). The van der Waals surface area contributed by atoms with Crippen molar-refractivity contribution in [3.8, 4) is 0 Å². The Kier molecular flexibility index (Phi) is 4.64. The third kappa shape index (κ3) is 2.76. The van der Waals surface area contributed by atoms with Crippen LogP contribution in [-0.2, 0) is 0 Å². The molecule has 2 radical (unpaired) electrons. The van der Waals surface area contributed by atoms with E-state index < -0.39 is 0 Å². The van der Waals surface area contributed by atoms with Gasteiger partial charge in [0.1, 0.15) is 0 Å². The van der Waals surface area contributed by atoms with Crippen molar-refractivity contribution in [2.24, 2.45) is 0 Å². The van der Waals surface area contributed by atoms with Gasteiger partial charge in [0.05, 0.1) is 0 Å². The molecule has 0 amide bonds. The van der Waals surface area contributed by atoms with Gasteiger partial charge in [0, 0.05) is 23.1 Å². The van der Waals surface area contributed by atoms with E-state index in [0.29, 0.717) is 0 Å². The molecule has 0 N–H and O–H groups in total. The summed E-state index contributed by atoms with van der Waals surface area (Å²) < 4.78 is 1.62. The molecule has 0 aromatic heterocycles. The third-order valence-electron chi connectivity index (χ3n) is 2.20. The molecule has 0 atom stereocenters. The van der Waals surface area contributed by atoms with Crippen molar-refractivity contribution < 1.29 is 0 Å². The fraction of sp³-hybridized carbons (Fsp3) is 0.200. The molecule has 0 fully saturated rings. The Labute approximate surface area is 99.4 Å². The average molecular weight is 179 g/mol. The molecule has 0 aromatic rings. The first-order valence-electron chi connectivity index (χ1n) is 4.15. The lowest BCUT2D eigenvalue weighted by Crippen LogP contribution is -2.01. The highest BCUT2D eigenvalue weighted by atomic mass is 24.5. The molecular formula is C10H10Mg2. The largest absolute Gasteiger partial charge is 0.397 e. The first kappa shape index (κ1) is 10.6. The summed E-state index contributed by atoms with van der Waals surface area (Å²) in [5.74, 6) is 0. The molecule has 2 aliphatic rings. The topological polar surface area (TPSA) is 0 Å². The summed E-state index contributed by atoms with van der Waals surface area (Å²) in [6.07, 6.45) is 18.0. The lowest BCUT2D eigenvalue weighted by Gasteiger charge is -2.04. The Morgan fingerprint density at radius 2 is 1.00 bits per heavy atom. The Bertz CT molecular complexity index is 199. The molecule has 0 bridgehead atoms. The minimum Gasteiger partial charge on any atom is -0.103 e. The van der Waals surface area contributed by atoms with Crippen molar-refractivity contribution in [3.63, 3.8) is 0 Å². The third-order valence-corrected chi connectivity index (χ3v) is 4.38. The van der Waals surface area contributed by atoms with E-state index in [2.05, 4.69) is 48.6 Å². The molecule has 12 heavy (non-hydrogen) atoms. The Morgan fingerprint density at radius 1 is 0.667 bits per heavy atom. The fourth-order valence-corrected chi connectivity index (χ4v) is 3.47. The van der Waals surface area contributed by atoms with Crippen molar-refractivity contribution in [2.45, 2.75) is 8.09 Å². The smallest absolute Gasteiger partial charge is 0.103 e. The molecule has 0 aliphatic heterocycles. The van der Waals surface area contributed by atoms with E-state index in [0.717, 1.165) is 8.09 Å². The number of rotatable bonds is 2. The maximum Gasteiger partial charge on any atom is 0.397 e. The molecule has 0 unspecified atom stereocenters. The first-order valence-corrected chi connectivity index (χ1v) is 5.78. The molecular weight excluding hydrogens is 169 g/mol. The van der Waals surface area contributed by atoms with Crippen LogP contribution in [0.1, 0.15) is 0 Å². The zero-order chi connectivity index (χ0) is 7.52. The van der Waals surface area contributed by atoms with Crippen molar-refractivity contribution >= 4 is 43.4 Å². The summed E-state index contributed by atoms with van der Waals surface area (Å²) in [6.45, 7) is 0. The second kappa shape index (κ2) is 5.27. The van der Waals surface area contributed by atoms with Crippen LogP contribution in [0.25, 0.3) is 0 Å². The second-order valence-electron chi connectivity index (χ2n) is 3.10. The van der Waals surface area contributed by atoms with Crippen molar-refractivity contribution in [1.82, 2.24) is 0 Å². The van der Waals surface area contributed by atoms with Gasteiger partial charge in [-0.25, -0.2) is 0 Å². The molecule has 0 spiro atoms. The minimum atomic E-state index is 0. The second-order valence-corrected chi connectivity index (χ2v) is 5.46. The maximum atomic E-state index is 2.33. The average Bonchev–Trinajstić information content (AvgIpc) is 2.60. The van der Waals surface area contributed by atoms with Gasteiger partial charge in [-0.3, -0.25) is 0 Å². The lowest BCUT2D eigenvalue weighted by molar-refractivity contribution is 1.28. The van der Waals surface area contributed by atoms with E-state index in [1.165, 1.54) is 0 Å². The first-order chi connectivity index (χ1) is 5.45. The van der Waals surface area contributed by atoms with Crippen LogP contribution < -0.4 is 0 Å². The van der Waals surface area contributed by atoms with Crippen LogP contribution in [0.5, 0.6) is 0 Å². The summed E-state index contributed by atoms with van der Waals surface area (Å²) in [7, 11) is 0. The summed E-state index contributed by atoms with van der Waals surface area (Å²) in [4.78, 5) is 0. The highest BCUT2D eigenvalue weighted by molar-refractivity contribution is 6.43. The van der Waals surface area contributed by atoms with Crippen LogP contribution in [-0.4, -0.2) is 43.4 Å². The highest BCUT2D eigenvalue weighted by Gasteiger charge is 2.15. The molecule has 0 nitrogen and oxygen atoms in total.